The van der Waals surface area contributed by atoms with E-state index in [0.717, 1.165) is 13.0 Å². The maximum Gasteiger partial charge on any atom is 0.264 e. The average molecular weight is 1020 g/mol. The smallest absolute Gasteiger partial charge is 0.264 e. The van der Waals surface area contributed by atoms with Gasteiger partial charge < -0.3 is 9.80 Å². The number of fused-ring (bicyclic) bond motifs is 9. The van der Waals surface area contributed by atoms with E-state index in [9.17, 15) is 0 Å². The molecule has 76 heavy (non-hydrogen) atoms. The molecular formula is C72H87BN2S. The van der Waals surface area contributed by atoms with Gasteiger partial charge in [0.05, 0.1) is 5.69 Å². The Morgan fingerprint density at radius 2 is 0.974 bits per heavy atom. The normalized spacial score (nSPS) is 20.1. The van der Waals surface area contributed by atoms with Crippen molar-refractivity contribution >= 4 is 72.3 Å². The van der Waals surface area contributed by atoms with E-state index in [1.165, 1.54) is 137 Å². The summed E-state index contributed by atoms with van der Waals surface area (Å²) < 4.78 is 2.91. The Morgan fingerprint density at radius 1 is 0.487 bits per heavy atom. The number of rotatable bonds is 5. The predicted octanol–water partition coefficient (Wildman–Crippen LogP) is 18.2. The Balaban J connectivity index is 1.16. The lowest BCUT2D eigenvalue weighted by molar-refractivity contribution is 0.331. The fourth-order valence-corrected chi connectivity index (χ4v) is 16.1. The van der Waals surface area contributed by atoms with Crippen LogP contribution in [0.2, 0.25) is 0 Å². The molecule has 0 radical (unpaired) electrons. The van der Waals surface area contributed by atoms with Crippen LogP contribution in [0, 0.1) is 0 Å². The third-order valence-corrected chi connectivity index (χ3v) is 21.5. The molecule has 0 spiro atoms. The van der Waals surface area contributed by atoms with E-state index in [2.05, 4.69) is 249 Å². The van der Waals surface area contributed by atoms with Gasteiger partial charge in [-0.2, -0.15) is 0 Å². The number of benzene rings is 6. The largest absolute Gasteiger partial charge is 0.342 e. The van der Waals surface area contributed by atoms with E-state index in [1.54, 1.807) is 16.7 Å². The average Bonchev–Trinajstić information content (AvgIpc) is 3.87. The lowest BCUT2D eigenvalue weighted by Crippen LogP contribution is -2.61. The molecule has 2 aliphatic heterocycles. The van der Waals surface area contributed by atoms with E-state index >= 15 is 0 Å². The van der Waals surface area contributed by atoms with Crippen LogP contribution < -0.4 is 25.5 Å². The van der Waals surface area contributed by atoms with Gasteiger partial charge in [0.2, 0.25) is 0 Å². The van der Waals surface area contributed by atoms with Crippen LogP contribution in [0.1, 0.15) is 213 Å². The van der Waals surface area contributed by atoms with Crippen molar-refractivity contribution < 1.29 is 0 Å². The first-order valence-corrected chi connectivity index (χ1v) is 30.1. The van der Waals surface area contributed by atoms with Crippen LogP contribution >= 0.6 is 11.3 Å². The van der Waals surface area contributed by atoms with Gasteiger partial charge in [-0.1, -0.05) is 185 Å². The van der Waals surface area contributed by atoms with Gasteiger partial charge in [-0.05, 0) is 203 Å². The standard InChI is InChI=1S/C72H87BN2S/c1-65(2,3)46-24-26-48(27-25-46)75-60-38-47(66(4,5)6)37-59-62(60)73(64-63(75)50-40-53-56(43-61(50)76-64)72(17,18)34-31-69(53,11)12)57-41-54-55(71(15,16)33-32-70(54,13)14)42-58(57)74(59)35-28-45-36-51-52(68(9,10)30-29-67(51,7)8)39-49(45)44-22-20-19-21-23-44/h19-27,36-43H,28-35H2,1-18H3. The molecule has 0 N–H and O–H groups in total. The Kier molecular flexibility index (Phi) is 11.4. The molecule has 3 aliphatic carbocycles. The van der Waals surface area contributed by atoms with Crippen LogP contribution in [0.15, 0.2) is 103 Å². The number of nitrogens with zero attached hydrogens (tertiary/aromatic N) is 2. The van der Waals surface area contributed by atoms with Crippen LogP contribution in [0.25, 0.3) is 21.2 Å². The highest BCUT2D eigenvalue weighted by atomic mass is 32.1. The second-order valence-corrected chi connectivity index (χ2v) is 31.6. The lowest BCUT2D eigenvalue weighted by Gasteiger charge is -2.47. The highest BCUT2D eigenvalue weighted by Crippen LogP contribution is 2.55. The molecule has 7 aromatic rings. The van der Waals surface area contributed by atoms with Gasteiger partial charge in [-0.25, -0.2) is 0 Å². The topological polar surface area (TPSA) is 6.48 Å². The molecule has 2 nitrogen and oxygen atoms in total. The van der Waals surface area contributed by atoms with Crippen molar-refractivity contribution in [1.29, 1.82) is 0 Å². The third kappa shape index (κ3) is 8.04. The molecule has 6 aromatic carbocycles. The van der Waals surface area contributed by atoms with E-state index in [1.807, 2.05) is 0 Å². The summed E-state index contributed by atoms with van der Waals surface area (Å²) in [5.74, 6) is 0. The first kappa shape index (κ1) is 51.7. The van der Waals surface area contributed by atoms with Gasteiger partial charge in [0, 0.05) is 44.2 Å². The van der Waals surface area contributed by atoms with Crippen molar-refractivity contribution in [3.63, 3.8) is 0 Å². The molecule has 12 rings (SSSR count). The Bertz CT molecular complexity index is 3510. The van der Waals surface area contributed by atoms with Crippen molar-refractivity contribution in [1.82, 2.24) is 0 Å². The van der Waals surface area contributed by atoms with Crippen molar-refractivity contribution in [3.8, 4) is 11.1 Å². The molecule has 4 heteroatoms. The third-order valence-electron chi connectivity index (χ3n) is 20.3. The summed E-state index contributed by atoms with van der Waals surface area (Å²) in [4.78, 5) is 5.58. The van der Waals surface area contributed by atoms with Crippen LogP contribution in [0.5, 0.6) is 0 Å². The zero-order valence-electron chi connectivity index (χ0n) is 49.9. The molecule has 0 atom stereocenters. The van der Waals surface area contributed by atoms with Gasteiger partial charge >= 0.3 is 0 Å². The number of anilines is 5. The molecule has 394 valence electrons. The van der Waals surface area contributed by atoms with Gasteiger partial charge in [-0.15, -0.1) is 11.3 Å². The SMILES string of the molecule is CC(C)(C)c1ccc(N2c3cc(C(C)(C)C)cc4c3B(c3cc5c(cc3N4CCc3cc4c(cc3-c3ccccc3)C(C)(C)CCC4(C)C)C(C)(C)CCC5(C)C)c3sc4cc5c(cc4c32)C(C)(C)CCC5(C)C)cc1. The maximum atomic E-state index is 2.84. The zero-order chi connectivity index (χ0) is 54.2. The summed E-state index contributed by atoms with van der Waals surface area (Å²) in [7, 11) is 0. The monoisotopic (exact) mass is 1020 g/mol. The number of thiophene rings is 1. The first-order chi connectivity index (χ1) is 35.4. The first-order valence-electron chi connectivity index (χ1n) is 29.3. The van der Waals surface area contributed by atoms with Crippen LogP contribution in [-0.2, 0) is 49.7 Å². The Hall–Kier alpha value is -5.06. The van der Waals surface area contributed by atoms with E-state index in [0.29, 0.717) is 0 Å². The summed E-state index contributed by atoms with van der Waals surface area (Å²) in [6.45, 7) is 45.3. The fourth-order valence-electron chi connectivity index (χ4n) is 14.7. The fraction of sp³-hybridized carbons (Fsp3) is 0.472. The van der Waals surface area contributed by atoms with Crippen molar-refractivity contribution in [2.45, 2.75) is 213 Å². The molecule has 0 unspecified atom stereocenters. The van der Waals surface area contributed by atoms with Crippen LogP contribution in [0.4, 0.5) is 28.4 Å². The minimum Gasteiger partial charge on any atom is -0.342 e. The highest BCUT2D eigenvalue weighted by molar-refractivity contribution is 7.33. The predicted molar refractivity (Wildman–Crippen MR) is 333 cm³/mol. The molecule has 3 heterocycles. The molecular weight excluding hydrogens is 936 g/mol. The minimum absolute atomic E-state index is 0.0462. The summed E-state index contributed by atoms with van der Waals surface area (Å²) in [6, 6.07) is 42.4. The van der Waals surface area contributed by atoms with Crippen molar-refractivity contribution in [2.75, 3.05) is 16.3 Å². The minimum atomic E-state index is -0.0976. The second kappa shape index (κ2) is 16.7. The van der Waals surface area contributed by atoms with Gasteiger partial charge in [0.15, 0.2) is 0 Å². The Morgan fingerprint density at radius 3 is 1.53 bits per heavy atom. The van der Waals surface area contributed by atoms with Crippen LogP contribution in [0.3, 0.4) is 0 Å². The lowest BCUT2D eigenvalue weighted by atomic mass is 9.35. The Labute approximate surface area is 463 Å². The van der Waals surface area contributed by atoms with Crippen molar-refractivity contribution in [3.05, 3.63) is 153 Å². The van der Waals surface area contributed by atoms with E-state index in [4.69, 9.17) is 0 Å². The maximum absolute atomic E-state index is 2.84. The van der Waals surface area contributed by atoms with E-state index in [-0.39, 0.29) is 50.0 Å². The quantitative estimate of drug-likeness (QED) is 0.159. The van der Waals surface area contributed by atoms with E-state index < -0.39 is 0 Å². The number of hydrogen-bond acceptors (Lipinski definition) is 3. The molecule has 1 aromatic heterocycles. The molecule has 0 fully saturated rings. The summed E-state index contributed by atoms with van der Waals surface area (Å²) in [5.41, 5.74) is 26.4. The molecule has 0 bridgehead atoms. The molecule has 0 saturated heterocycles. The second-order valence-electron chi connectivity index (χ2n) is 30.5. The van der Waals surface area contributed by atoms with Crippen LogP contribution in [-0.4, -0.2) is 13.3 Å². The van der Waals surface area contributed by atoms with Crippen molar-refractivity contribution in [2.24, 2.45) is 0 Å². The molecule has 0 amide bonds. The molecule has 5 aliphatic rings. The summed E-state index contributed by atoms with van der Waals surface area (Å²) in [5, 5.41) is 1.41. The van der Waals surface area contributed by atoms with Gasteiger partial charge in [0.25, 0.3) is 6.71 Å². The molecule has 0 saturated carbocycles. The van der Waals surface area contributed by atoms with Gasteiger partial charge in [0.1, 0.15) is 0 Å². The number of hydrogen-bond donors (Lipinski definition) is 0. The van der Waals surface area contributed by atoms with Gasteiger partial charge in [-0.3, -0.25) is 0 Å². The summed E-state index contributed by atoms with van der Waals surface area (Å²) in [6.07, 6.45) is 8.12. The summed E-state index contributed by atoms with van der Waals surface area (Å²) >= 11 is 2.09. The highest BCUT2D eigenvalue weighted by Gasteiger charge is 2.49. The zero-order valence-corrected chi connectivity index (χ0v) is 50.7.